The van der Waals surface area contributed by atoms with E-state index in [1.165, 1.54) is 21.3 Å². The number of halogens is 1. The maximum Gasteiger partial charge on any atom is 0.338 e. The van der Waals surface area contributed by atoms with Gasteiger partial charge in [0.1, 0.15) is 5.82 Å². The van der Waals surface area contributed by atoms with Crippen LogP contribution in [0.1, 0.15) is 37.9 Å². The van der Waals surface area contributed by atoms with E-state index in [0.717, 1.165) is 5.56 Å². The summed E-state index contributed by atoms with van der Waals surface area (Å²) in [4.78, 5) is 30.1. The number of nitrogens with one attached hydrogen (secondary N) is 1. The number of amides is 2. The number of carbonyl (C=O) groups excluding carboxylic acids is 2. The second kappa shape index (κ2) is 11.8. The smallest absolute Gasteiger partial charge is 0.338 e. The van der Waals surface area contributed by atoms with Crippen LogP contribution >= 0.6 is 0 Å². The van der Waals surface area contributed by atoms with Gasteiger partial charge in [0.25, 0.3) is 0 Å². The highest BCUT2D eigenvalue weighted by atomic mass is 32.2. The molecule has 1 saturated heterocycles. The Kier molecular flexibility index (Phi) is 8.73. The minimum atomic E-state index is -3.69. The van der Waals surface area contributed by atoms with E-state index in [1.807, 2.05) is 18.7 Å². The van der Waals surface area contributed by atoms with Crippen LogP contribution in [-0.2, 0) is 19.6 Å². The van der Waals surface area contributed by atoms with Crippen molar-refractivity contribution in [3.05, 3.63) is 76.7 Å². The number of piperazine rings is 1. The first kappa shape index (κ1) is 28.7. The van der Waals surface area contributed by atoms with Gasteiger partial charge >= 0.3 is 12.0 Å². The van der Waals surface area contributed by atoms with Gasteiger partial charge in [-0.3, -0.25) is 9.80 Å². The number of carbonyl (C=O) groups is 2. The Balaban J connectivity index is 1.66. The number of likely N-dealkylation sites (N-methyl/N-ethyl adjacent to an activating group) is 1. The Morgan fingerprint density at radius 1 is 1.10 bits per heavy atom. The monoisotopic (exact) mass is 558 g/mol. The molecule has 0 radical (unpaired) electrons. The average Bonchev–Trinajstić information content (AvgIpc) is 2.89. The molecule has 1 fully saturated rings. The molecule has 1 N–H and O–H groups in total. The molecule has 2 aromatic rings. The summed E-state index contributed by atoms with van der Waals surface area (Å²) < 4.78 is 48.4. The molecule has 2 aromatic carbocycles. The van der Waals surface area contributed by atoms with E-state index in [9.17, 15) is 22.4 Å². The molecule has 0 aliphatic carbocycles. The highest BCUT2D eigenvalue weighted by Crippen LogP contribution is 2.34. The molecule has 0 unspecified atom stereocenters. The lowest BCUT2D eigenvalue weighted by Crippen LogP contribution is -2.56. The van der Waals surface area contributed by atoms with Crippen LogP contribution in [0.2, 0.25) is 0 Å². The minimum absolute atomic E-state index is 0.117. The molecular formula is C28H35FN4O5S. The number of rotatable bonds is 8. The van der Waals surface area contributed by atoms with Crippen molar-refractivity contribution in [2.45, 2.75) is 44.7 Å². The van der Waals surface area contributed by atoms with Crippen molar-refractivity contribution < 1.29 is 27.1 Å². The molecule has 0 aromatic heterocycles. The lowest BCUT2D eigenvalue weighted by Gasteiger charge is -2.42. The van der Waals surface area contributed by atoms with Gasteiger partial charge in [-0.25, -0.2) is 22.4 Å². The number of nitrogens with zero attached hydrogens (tertiary/aromatic N) is 3. The Bertz CT molecular complexity index is 1360. The number of hydrogen-bond acceptors (Lipinski definition) is 6. The van der Waals surface area contributed by atoms with Crippen LogP contribution in [0.4, 0.5) is 9.18 Å². The SMILES string of the molecule is CCOC(=O)C1=C(CN2CCN(S(=O)(=O)c3ccc(C)cc3)[C@@H](C)C2)N(CC)C(=O)N[C@H]1c1ccccc1F. The summed E-state index contributed by atoms with van der Waals surface area (Å²) in [5, 5.41) is 2.77. The lowest BCUT2D eigenvalue weighted by molar-refractivity contribution is -0.139. The van der Waals surface area contributed by atoms with Crippen LogP contribution in [0.5, 0.6) is 0 Å². The minimum Gasteiger partial charge on any atom is -0.463 e. The van der Waals surface area contributed by atoms with Gasteiger partial charge in [-0.15, -0.1) is 0 Å². The second-order valence-electron chi connectivity index (χ2n) is 9.74. The van der Waals surface area contributed by atoms with Crippen molar-refractivity contribution in [3.63, 3.8) is 0 Å². The number of urea groups is 1. The standard InChI is InChI=1S/C28H35FN4O5S/c1-5-32-24(25(27(34)38-6-2)26(30-28(32)35)22-9-7-8-10-23(22)29)18-31-15-16-33(20(4)17-31)39(36,37)21-13-11-19(3)12-14-21/h7-14,20,26H,5-6,15-18H2,1-4H3,(H,30,35)/t20-,26-/m0/s1. The van der Waals surface area contributed by atoms with E-state index in [0.29, 0.717) is 18.8 Å². The van der Waals surface area contributed by atoms with Crippen molar-refractivity contribution in [2.75, 3.05) is 39.3 Å². The van der Waals surface area contributed by atoms with Gasteiger partial charge < -0.3 is 10.1 Å². The van der Waals surface area contributed by atoms with Crippen molar-refractivity contribution in [1.29, 1.82) is 0 Å². The summed E-state index contributed by atoms with van der Waals surface area (Å²) in [7, 11) is -3.69. The Hall–Kier alpha value is -3.28. The van der Waals surface area contributed by atoms with E-state index >= 15 is 0 Å². The number of esters is 1. The Morgan fingerprint density at radius 3 is 2.41 bits per heavy atom. The van der Waals surface area contributed by atoms with Gasteiger partial charge in [-0.1, -0.05) is 35.9 Å². The molecule has 0 bridgehead atoms. The zero-order chi connectivity index (χ0) is 28.3. The summed E-state index contributed by atoms with van der Waals surface area (Å²) in [6, 6.07) is 11.0. The predicted molar refractivity (Wildman–Crippen MR) is 145 cm³/mol. The molecule has 0 saturated carbocycles. The summed E-state index contributed by atoms with van der Waals surface area (Å²) in [6.07, 6.45) is 0. The van der Waals surface area contributed by atoms with Crippen molar-refractivity contribution in [3.8, 4) is 0 Å². The van der Waals surface area contributed by atoms with E-state index in [1.54, 1.807) is 50.2 Å². The fraction of sp³-hybridized carbons (Fsp3) is 0.429. The topological polar surface area (TPSA) is 99.3 Å². The first-order valence-corrected chi connectivity index (χ1v) is 14.6. The average molecular weight is 559 g/mol. The summed E-state index contributed by atoms with van der Waals surface area (Å²) in [6.45, 7) is 8.83. The Labute approximate surface area is 229 Å². The fourth-order valence-corrected chi connectivity index (χ4v) is 6.79. The van der Waals surface area contributed by atoms with Crippen molar-refractivity contribution in [1.82, 2.24) is 19.4 Å². The molecule has 11 heteroatoms. The third kappa shape index (κ3) is 5.85. The molecular weight excluding hydrogens is 523 g/mol. The number of aryl methyl sites for hydroxylation is 1. The van der Waals surface area contributed by atoms with Gasteiger partial charge in [0.2, 0.25) is 10.0 Å². The molecule has 2 aliphatic heterocycles. The molecule has 2 atom stereocenters. The van der Waals surface area contributed by atoms with Gasteiger partial charge in [-0.2, -0.15) is 4.31 Å². The molecule has 2 amide bonds. The maximum absolute atomic E-state index is 14.8. The summed E-state index contributed by atoms with van der Waals surface area (Å²) in [5.41, 5.74) is 1.74. The summed E-state index contributed by atoms with van der Waals surface area (Å²) >= 11 is 0. The largest absolute Gasteiger partial charge is 0.463 e. The van der Waals surface area contributed by atoms with E-state index in [4.69, 9.17) is 4.74 Å². The highest BCUT2D eigenvalue weighted by Gasteiger charge is 2.40. The zero-order valence-corrected chi connectivity index (χ0v) is 23.5. The van der Waals surface area contributed by atoms with Gasteiger partial charge in [-0.05, 0) is 45.9 Å². The molecule has 39 heavy (non-hydrogen) atoms. The highest BCUT2D eigenvalue weighted by molar-refractivity contribution is 7.89. The first-order valence-electron chi connectivity index (χ1n) is 13.1. The number of hydrogen-bond donors (Lipinski definition) is 1. The molecule has 2 heterocycles. The molecule has 0 spiro atoms. The first-order chi connectivity index (χ1) is 18.6. The van der Waals surface area contributed by atoms with Crippen LogP contribution in [0.25, 0.3) is 0 Å². The molecule has 9 nitrogen and oxygen atoms in total. The normalized spacial score (nSPS) is 21.2. The van der Waals surface area contributed by atoms with E-state index in [2.05, 4.69) is 5.32 Å². The summed E-state index contributed by atoms with van der Waals surface area (Å²) in [5.74, 6) is -1.18. The van der Waals surface area contributed by atoms with E-state index in [-0.39, 0.29) is 48.3 Å². The third-order valence-electron chi connectivity index (χ3n) is 7.12. The quantitative estimate of drug-likeness (QED) is 0.499. The van der Waals surface area contributed by atoms with Gasteiger partial charge in [0.15, 0.2) is 0 Å². The van der Waals surface area contributed by atoms with Gasteiger partial charge in [0, 0.05) is 50.0 Å². The van der Waals surface area contributed by atoms with Crippen molar-refractivity contribution in [2.24, 2.45) is 0 Å². The fourth-order valence-electron chi connectivity index (χ4n) is 5.17. The Morgan fingerprint density at radius 2 is 1.79 bits per heavy atom. The number of ether oxygens (including phenoxy) is 1. The van der Waals surface area contributed by atoms with Gasteiger partial charge in [0.05, 0.1) is 23.1 Å². The zero-order valence-electron chi connectivity index (χ0n) is 22.7. The number of benzene rings is 2. The number of sulfonamides is 1. The molecule has 210 valence electrons. The van der Waals surface area contributed by atoms with Crippen LogP contribution in [0, 0.1) is 12.7 Å². The molecule has 2 aliphatic rings. The maximum atomic E-state index is 14.8. The third-order valence-corrected chi connectivity index (χ3v) is 9.15. The van der Waals surface area contributed by atoms with Crippen LogP contribution in [0.3, 0.4) is 0 Å². The van der Waals surface area contributed by atoms with E-state index < -0.39 is 33.9 Å². The predicted octanol–water partition coefficient (Wildman–Crippen LogP) is 3.43. The van der Waals surface area contributed by atoms with Crippen LogP contribution in [0.15, 0.2) is 64.7 Å². The van der Waals surface area contributed by atoms with Crippen LogP contribution < -0.4 is 5.32 Å². The lowest BCUT2D eigenvalue weighted by atomic mass is 9.93. The van der Waals surface area contributed by atoms with Crippen LogP contribution in [-0.4, -0.2) is 79.9 Å². The van der Waals surface area contributed by atoms with Crippen molar-refractivity contribution >= 4 is 22.0 Å². The molecule has 4 rings (SSSR count). The second-order valence-corrected chi connectivity index (χ2v) is 11.6.